The first-order valence-corrected chi connectivity index (χ1v) is 5.51. The molecule has 1 atom stereocenters. The van der Waals surface area contributed by atoms with Crippen LogP contribution in [0.25, 0.3) is 0 Å². The molecule has 0 aliphatic heterocycles. The van der Waals surface area contributed by atoms with Crippen LogP contribution in [-0.2, 0) is 0 Å². The lowest BCUT2D eigenvalue weighted by atomic mass is 10.1. The van der Waals surface area contributed by atoms with Crippen LogP contribution in [0.2, 0.25) is 0 Å². The Kier molecular flexibility index (Phi) is 6.99. The topological polar surface area (TPSA) is 46.2 Å². The number of hydrogen-bond donors (Lipinski definition) is 2. The van der Waals surface area contributed by atoms with E-state index < -0.39 is 0 Å². The zero-order valence-electron chi connectivity index (χ0n) is 7.07. The normalized spacial score (nSPS) is 12.2. The Morgan fingerprint density at radius 1 is 1.62 bits per heavy atom. The molecular formula is C8H13BrClNOS. The van der Waals surface area contributed by atoms with Crippen molar-refractivity contribution in [2.24, 2.45) is 5.73 Å². The average Bonchev–Trinajstić information content (AvgIpc) is 2.47. The Labute approximate surface area is 96.7 Å². The Balaban J connectivity index is 0.00000144. The van der Waals surface area contributed by atoms with Gasteiger partial charge in [-0.3, -0.25) is 0 Å². The van der Waals surface area contributed by atoms with E-state index in [0.717, 1.165) is 17.3 Å². The minimum Gasteiger partial charge on any atom is -0.396 e. The van der Waals surface area contributed by atoms with Crippen molar-refractivity contribution >= 4 is 39.7 Å². The van der Waals surface area contributed by atoms with E-state index in [1.165, 1.54) is 4.88 Å². The van der Waals surface area contributed by atoms with Crippen molar-refractivity contribution in [3.8, 4) is 0 Å². The summed E-state index contributed by atoms with van der Waals surface area (Å²) in [7, 11) is 0. The van der Waals surface area contributed by atoms with Crippen molar-refractivity contribution in [2.75, 3.05) is 6.61 Å². The van der Waals surface area contributed by atoms with E-state index in [1.54, 1.807) is 11.3 Å². The second-order valence-corrected chi connectivity index (χ2v) is 4.50. The molecule has 1 heterocycles. The number of thiophene rings is 1. The Bertz CT molecular complexity index is 244. The maximum absolute atomic E-state index is 8.61. The lowest BCUT2D eigenvalue weighted by Gasteiger charge is -2.06. The van der Waals surface area contributed by atoms with Crippen molar-refractivity contribution in [3.05, 3.63) is 20.8 Å². The fourth-order valence-corrected chi connectivity index (χ4v) is 2.46. The van der Waals surface area contributed by atoms with Gasteiger partial charge in [0.1, 0.15) is 0 Å². The predicted molar refractivity (Wildman–Crippen MR) is 62.5 cm³/mol. The maximum Gasteiger partial charge on any atom is 0.0431 e. The van der Waals surface area contributed by atoms with Crippen molar-refractivity contribution < 1.29 is 5.11 Å². The highest BCUT2D eigenvalue weighted by atomic mass is 79.9. The number of aliphatic hydroxyl groups is 1. The molecule has 0 saturated heterocycles. The Morgan fingerprint density at radius 2 is 2.31 bits per heavy atom. The van der Waals surface area contributed by atoms with Crippen LogP contribution in [0, 0.1) is 0 Å². The van der Waals surface area contributed by atoms with Crippen LogP contribution in [0.3, 0.4) is 0 Å². The number of rotatable bonds is 4. The molecule has 13 heavy (non-hydrogen) atoms. The maximum atomic E-state index is 8.61. The first-order valence-electron chi connectivity index (χ1n) is 3.84. The molecule has 0 aliphatic carbocycles. The lowest BCUT2D eigenvalue weighted by Crippen LogP contribution is -2.08. The van der Waals surface area contributed by atoms with Crippen LogP contribution in [0.1, 0.15) is 23.8 Å². The average molecular weight is 287 g/mol. The van der Waals surface area contributed by atoms with Gasteiger partial charge in [0.05, 0.1) is 0 Å². The molecule has 0 saturated carbocycles. The second-order valence-electron chi connectivity index (χ2n) is 2.64. The summed E-state index contributed by atoms with van der Waals surface area (Å²) in [4.78, 5) is 1.18. The van der Waals surface area contributed by atoms with Crippen LogP contribution in [0.5, 0.6) is 0 Å². The third kappa shape index (κ3) is 4.42. The van der Waals surface area contributed by atoms with Gasteiger partial charge in [0.15, 0.2) is 0 Å². The van der Waals surface area contributed by atoms with Crippen LogP contribution in [0.4, 0.5) is 0 Å². The molecule has 0 fully saturated rings. The van der Waals surface area contributed by atoms with Gasteiger partial charge in [-0.2, -0.15) is 0 Å². The number of aliphatic hydroxyl groups excluding tert-OH is 1. The van der Waals surface area contributed by atoms with Crippen LogP contribution in [-0.4, -0.2) is 11.7 Å². The monoisotopic (exact) mass is 285 g/mol. The second kappa shape index (κ2) is 6.79. The highest BCUT2D eigenvalue weighted by Crippen LogP contribution is 2.26. The summed E-state index contributed by atoms with van der Waals surface area (Å²) in [6.07, 6.45) is 1.63. The zero-order chi connectivity index (χ0) is 8.97. The number of hydrogen-bond acceptors (Lipinski definition) is 3. The Hall–Kier alpha value is 0.390. The third-order valence-corrected chi connectivity index (χ3v) is 3.45. The van der Waals surface area contributed by atoms with E-state index in [0.29, 0.717) is 0 Å². The minimum absolute atomic E-state index is 0. The molecule has 0 aromatic carbocycles. The van der Waals surface area contributed by atoms with Crippen LogP contribution in [0.15, 0.2) is 15.9 Å². The SMILES string of the molecule is Cl.N[C@@H](CCCO)c1cc(Br)cs1. The molecule has 5 heteroatoms. The van der Waals surface area contributed by atoms with Crippen LogP contribution >= 0.6 is 39.7 Å². The van der Waals surface area contributed by atoms with Crippen molar-refractivity contribution in [2.45, 2.75) is 18.9 Å². The molecule has 0 radical (unpaired) electrons. The van der Waals surface area contributed by atoms with Gasteiger partial charge in [-0.05, 0) is 34.8 Å². The summed E-state index contributed by atoms with van der Waals surface area (Å²) < 4.78 is 1.09. The largest absolute Gasteiger partial charge is 0.396 e. The molecule has 0 amide bonds. The molecule has 76 valence electrons. The molecule has 0 aliphatic rings. The zero-order valence-corrected chi connectivity index (χ0v) is 10.3. The van der Waals surface area contributed by atoms with Gasteiger partial charge in [-0.15, -0.1) is 23.7 Å². The summed E-state index contributed by atoms with van der Waals surface area (Å²) in [6.45, 7) is 0.222. The fraction of sp³-hybridized carbons (Fsp3) is 0.500. The summed E-state index contributed by atoms with van der Waals surface area (Å²) in [6, 6.07) is 2.11. The fourth-order valence-electron chi connectivity index (χ4n) is 0.976. The molecule has 0 unspecified atom stereocenters. The van der Waals surface area contributed by atoms with Crippen molar-refractivity contribution in [3.63, 3.8) is 0 Å². The number of nitrogens with two attached hydrogens (primary N) is 1. The van der Waals surface area contributed by atoms with Gasteiger partial charge in [0, 0.05) is 27.4 Å². The first kappa shape index (κ1) is 13.4. The molecule has 0 bridgehead atoms. The molecule has 1 rings (SSSR count). The van der Waals surface area contributed by atoms with E-state index in [4.69, 9.17) is 10.8 Å². The molecule has 0 spiro atoms. The molecular weight excluding hydrogens is 274 g/mol. The van der Waals surface area contributed by atoms with Gasteiger partial charge >= 0.3 is 0 Å². The molecule has 2 nitrogen and oxygen atoms in total. The predicted octanol–water partition coefficient (Wildman–Crippen LogP) is 2.70. The van der Waals surface area contributed by atoms with Crippen molar-refractivity contribution in [1.29, 1.82) is 0 Å². The molecule has 1 aromatic rings. The van der Waals surface area contributed by atoms with Gasteiger partial charge in [-0.25, -0.2) is 0 Å². The van der Waals surface area contributed by atoms with E-state index in [-0.39, 0.29) is 25.1 Å². The van der Waals surface area contributed by atoms with E-state index in [1.807, 2.05) is 11.4 Å². The van der Waals surface area contributed by atoms with Gasteiger partial charge in [0.25, 0.3) is 0 Å². The molecule has 3 N–H and O–H groups in total. The standard InChI is InChI=1S/C8H12BrNOS.ClH/c9-6-4-8(12-5-6)7(10)2-1-3-11;/h4-5,7,11H,1-3,10H2;1H/t7-;/m0./s1. The molecule has 1 aromatic heterocycles. The number of halogens is 2. The smallest absolute Gasteiger partial charge is 0.0431 e. The van der Waals surface area contributed by atoms with E-state index >= 15 is 0 Å². The summed E-state index contributed by atoms with van der Waals surface area (Å²) in [5.41, 5.74) is 5.87. The van der Waals surface area contributed by atoms with Gasteiger partial charge in [0.2, 0.25) is 0 Å². The van der Waals surface area contributed by atoms with E-state index in [2.05, 4.69) is 15.9 Å². The highest BCUT2D eigenvalue weighted by Gasteiger charge is 2.07. The summed E-state index contributed by atoms with van der Waals surface area (Å²) >= 11 is 5.03. The third-order valence-electron chi connectivity index (χ3n) is 1.63. The quantitative estimate of drug-likeness (QED) is 0.894. The highest BCUT2D eigenvalue weighted by molar-refractivity contribution is 9.10. The van der Waals surface area contributed by atoms with Gasteiger partial charge < -0.3 is 10.8 Å². The minimum atomic E-state index is 0. The van der Waals surface area contributed by atoms with Crippen molar-refractivity contribution in [1.82, 2.24) is 0 Å². The Morgan fingerprint density at radius 3 is 2.77 bits per heavy atom. The van der Waals surface area contributed by atoms with Gasteiger partial charge in [-0.1, -0.05) is 0 Å². The van der Waals surface area contributed by atoms with E-state index in [9.17, 15) is 0 Å². The van der Waals surface area contributed by atoms with Crippen LogP contribution < -0.4 is 5.73 Å². The summed E-state index contributed by atoms with van der Waals surface area (Å²) in [5.74, 6) is 0. The lowest BCUT2D eigenvalue weighted by molar-refractivity contribution is 0.280. The first-order chi connectivity index (χ1) is 5.74. The summed E-state index contributed by atoms with van der Waals surface area (Å²) in [5, 5.41) is 10.6.